The first-order valence-electron chi connectivity index (χ1n) is 5.14. The van der Waals surface area contributed by atoms with Crippen LogP contribution in [0.3, 0.4) is 0 Å². The first-order chi connectivity index (χ1) is 7.83. The summed E-state index contributed by atoms with van der Waals surface area (Å²) in [4.78, 5) is 0. The summed E-state index contributed by atoms with van der Waals surface area (Å²) in [6.45, 7) is 2.16. The maximum absolute atomic E-state index is 4.27. The average Bonchev–Trinajstić information content (AvgIpc) is 2.75. The average molecular weight is 238 g/mol. The van der Waals surface area contributed by atoms with E-state index in [1.807, 2.05) is 23.9 Å². The van der Waals surface area contributed by atoms with Gasteiger partial charge in [-0.15, -0.1) is 14.8 Å². The van der Waals surface area contributed by atoms with Crippen molar-refractivity contribution in [2.24, 2.45) is 0 Å². The highest BCUT2D eigenvalue weighted by molar-refractivity contribution is 7.98. The highest BCUT2D eigenvalue weighted by Crippen LogP contribution is 2.09. The summed E-state index contributed by atoms with van der Waals surface area (Å²) in [6.07, 6.45) is 3.17. The van der Waals surface area contributed by atoms with Crippen LogP contribution in [0.5, 0.6) is 0 Å². The van der Waals surface area contributed by atoms with Crippen molar-refractivity contribution in [3.63, 3.8) is 0 Å². The van der Waals surface area contributed by atoms with Gasteiger partial charge in [0.2, 0.25) is 0 Å². The lowest BCUT2D eigenvalue weighted by Crippen LogP contribution is -2.22. The summed E-state index contributed by atoms with van der Waals surface area (Å²) in [5, 5.41) is 18.7. The number of aromatic nitrogens is 5. The second kappa shape index (κ2) is 5.11. The molecule has 0 fully saturated rings. The summed E-state index contributed by atoms with van der Waals surface area (Å²) in [6, 6.07) is 4.17. The van der Waals surface area contributed by atoms with Crippen molar-refractivity contribution in [3.05, 3.63) is 12.1 Å². The molecule has 16 heavy (non-hydrogen) atoms. The third-order valence-electron chi connectivity index (χ3n) is 2.28. The number of rotatable bonds is 5. The number of anilines is 1. The molecule has 6 nitrogen and oxygen atoms in total. The molecule has 2 heterocycles. The van der Waals surface area contributed by atoms with Crippen molar-refractivity contribution in [2.75, 3.05) is 17.3 Å². The van der Waals surface area contributed by atoms with Gasteiger partial charge >= 0.3 is 0 Å². The Bertz CT molecular complexity index is 456. The van der Waals surface area contributed by atoms with Crippen molar-refractivity contribution >= 4 is 23.2 Å². The second-order valence-electron chi connectivity index (χ2n) is 3.45. The number of fused-ring (bicyclic) bond motifs is 1. The van der Waals surface area contributed by atoms with Gasteiger partial charge in [-0.05, 0) is 35.2 Å². The van der Waals surface area contributed by atoms with Gasteiger partial charge in [0.05, 0.1) is 0 Å². The molecule has 0 saturated carbocycles. The van der Waals surface area contributed by atoms with E-state index < -0.39 is 0 Å². The Morgan fingerprint density at radius 3 is 3.12 bits per heavy atom. The molecule has 2 rings (SSSR count). The van der Waals surface area contributed by atoms with Gasteiger partial charge in [0, 0.05) is 11.8 Å². The van der Waals surface area contributed by atoms with Crippen LogP contribution in [0.2, 0.25) is 0 Å². The molecular formula is C9H14N6S. The van der Waals surface area contributed by atoms with Gasteiger partial charge in [0.15, 0.2) is 5.65 Å². The van der Waals surface area contributed by atoms with Crippen molar-refractivity contribution in [3.8, 4) is 0 Å². The van der Waals surface area contributed by atoms with E-state index in [-0.39, 0.29) is 0 Å². The van der Waals surface area contributed by atoms with Crippen molar-refractivity contribution in [1.82, 2.24) is 25.3 Å². The summed E-state index contributed by atoms with van der Waals surface area (Å²) >= 11 is 1.82. The van der Waals surface area contributed by atoms with Crippen molar-refractivity contribution < 1.29 is 0 Å². The molecule has 1 N–H and O–H groups in total. The molecule has 86 valence electrons. The Morgan fingerprint density at radius 1 is 1.50 bits per heavy atom. The van der Waals surface area contributed by atoms with Crippen LogP contribution in [-0.2, 0) is 0 Å². The van der Waals surface area contributed by atoms with E-state index in [1.54, 1.807) is 0 Å². The van der Waals surface area contributed by atoms with Crippen molar-refractivity contribution in [2.45, 2.75) is 19.4 Å². The number of thioether (sulfide) groups is 1. The fourth-order valence-corrected chi connectivity index (χ4v) is 2.12. The van der Waals surface area contributed by atoms with Crippen LogP contribution < -0.4 is 5.32 Å². The highest BCUT2D eigenvalue weighted by Gasteiger charge is 2.07. The van der Waals surface area contributed by atoms with Gasteiger partial charge in [-0.2, -0.15) is 11.8 Å². The normalized spacial score (nSPS) is 12.9. The largest absolute Gasteiger partial charge is 0.365 e. The number of hydrogen-bond donors (Lipinski definition) is 1. The Kier molecular flexibility index (Phi) is 3.55. The van der Waals surface area contributed by atoms with E-state index in [4.69, 9.17) is 0 Å². The Hall–Kier alpha value is -1.37. The lowest BCUT2D eigenvalue weighted by molar-refractivity contribution is 0.717. The van der Waals surface area contributed by atoms with Gasteiger partial charge in [-0.25, -0.2) is 0 Å². The minimum Gasteiger partial charge on any atom is -0.365 e. The van der Waals surface area contributed by atoms with Gasteiger partial charge in [-0.3, -0.25) is 0 Å². The molecule has 0 radical (unpaired) electrons. The Balaban J connectivity index is 2.13. The summed E-state index contributed by atoms with van der Waals surface area (Å²) in [5.74, 6) is 1.87. The molecule has 0 aliphatic rings. The van der Waals surface area contributed by atoms with E-state index in [2.05, 4.69) is 39.1 Å². The zero-order valence-corrected chi connectivity index (χ0v) is 10.1. The molecule has 0 aromatic carbocycles. The molecule has 2 aromatic heterocycles. The van der Waals surface area contributed by atoms with E-state index >= 15 is 0 Å². The highest BCUT2D eigenvalue weighted by atomic mass is 32.2. The molecule has 0 spiro atoms. The van der Waals surface area contributed by atoms with Crippen LogP contribution in [0.25, 0.3) is 5.65 Å². The van der Waals surface area contributed by atoms with Crippen molar-refractivity contribution in [1.29, 1.82) is 0 Å². The first kappa shape index (κ1) is 11.1. The zero-order chi connectivity index (χ0) is 11.4. The van der Waals surface area contributed by atoms with Crippen LogP contribution >= 0.6 is 11.8 Å². The monoisotopic (exact) mass is 238 g/mol. The SMILES string of the molecule is CCC(CSC)Nc1ccc2nnnn2n1. The maximum atomic E-state index is 4.27. The van der Waals surface area contributed by atoms with Crippen LogP contribution in [0.15, 0.2) is 12.1 Å². The molecular weight excluding hydrogens is 224 g/mol. The summed E-state index contributed by atoms with van der Waals surface area (Å²) in [7, 11) is 0. The summed E-state index contributed by atoms with van der Waals surface area (Å²) in [5.41, 5.74) is 0.656. The van der Waals surface area contributed by atoms with E-state index in [0.29, 0.717) is 11.7 Å². The van der Waals surface area contributed by atoms with Gasteiger partial charge in [0.1, 0.15) is 5.82 Å². The van der Waals surface area contributed by atoms with Gasteiger partial charge in [-0.1, -0.05) is 6.92 Å². The minimum atomic E-state index is 0.427. The van der Waals surface area contributed by atoms with Crippen LogP contribution in [0.4, 0.5) is 5.82 Å². The summed E-state index contributed by atoms with van der Waals surface area (Å²) < 4.78 is 1.42. The molecule has 0 aliphatic heterocycles. The minimum absolute atomic E-state index is 0.427. The van der Waals surface area contributed by atoms with Gasteiger partial charge < -0.3 is 5.32 Å². The Morgan fingerprint density at radius 2 is 2.38 bits per heavy atom. The third-order valence-corrected chi connectivity index (χ3v) is 3.02. The predicted molar refractivity (Wildman–Crippen MR) is 64.7 cm³/mol. The quantitative estimate of drug-likeness (QED) is 0.840. The number of nitrogens with one attached hydrogen (secondary N) is 1. The molecule has 0 aliphatic carbocycles. The molecule has 2 aromatic rings. The van der Waals surface area contributed by atoms with E-state index in [9.17, 15) is 0 Å². The lowest BCUT2D eigenvalue weighted by Gasteiger charge is -2.15. The van der Waals surface area contributed by atoms with E-state index in [1.165, 1.54) is 4.63 Å². The molecule has 0 saturated heterocycles. The molecule has 1 atom stereocenters. The standard InChI is InChI=1S/C9H14N6S/c1-3-7(6-16-2)10-8-4-5-9-11-13-14-15(9)12-8/h4-5,7H,3,6H2,1-2H3,(H,10,12). The topological polar surface area (TPSA) is 68.0 Å². The molecule has 0 amide bonds. The fourth-order valence-electron chi connectivity index (χ4n) is 1.40. The van der Waals surface area contributed by atoms with Crippen LogP contribution in [0, 0.1) is 0 Å². The van der Waals surface area contributed by atoms with Crippen LogP contribution in [-0.4, -0.2) is 43.3 Å². The Labute approximate surface area is 97.8 Å². The number of hydrogen-bond acceptors (Lipinski definition) is 6. The van der Waals surface area contributed by atoms with E-state index in [0.717, 1.165) is 18.0 Å². The lowest BCUT2D eigenvalue weighted by atomic mass is 10.2. The van der Waals surface area contributed by atoms with Gasteiger partial charge in [0.25, 0.3) is 0 Å². The second-order valence-corrected chi connectivity index (χ2v) is 4.36. The molecule has 0 bridgehead atoms. The smallest absolute Gasteiger partial charge is 0.200 e. The number of nitrogens with zero attached hydrogens (tertiary/aromatic N) is 5. The molecule has 1 unspecified atom stereocenters. The zero-order valence-electron chi connectivity index (χ0n) is 9.29. The number of tetrazole rings is 1. The van der Waals surface area contributed by atoms with Crippen LogP contribution in [0.1, 0.15) is 13.3 Å². The molecule has 7 heteroatoms. The third kappa shape index (κ3) is 2.41. The maximum Gasteiger partial charge on any atom is 0.200 e. The fraction of sp³-hybridized carbons (Fsp3) is 0.556. The predicted octanol–water partition coefficient (Wildman–Crippen LogP) is 1.07. The first-order valence-corrected chi connectivity index (χ1v) is 6.53.